The maximum Gasteiger partial charge on any atom is 0.228 e. The van der Waals surface area contributed by atoms with Crippen molar-refractivity contribution in [1.82, 2.24) is 9.97 Å². The number of para-hydroxylation sites is 2. The van der Waals surface area contributed by atoms with Gasteiger partial charge < -0.3 is 4.74 Å². The molecule has 0 amide bonds. The molecule has 0 bridgehead atoms. The monoisotopic (exact) mass is 231 g/mol. The molecular formula is C11H6ClN3O. The number of rotatable bonds is 2. The van der Waals surface area contributed by atoms with Crippen molar-refractivity contribution in [3.8, 4) is 11.6 Å². The van der Waals surface area contributed by atoms with Crippen LogP contribution in [0.1, 0.15) is 0 Å². The van der Waals surface area contributed by atoms with Crippen molar-refractivity contribution >= 4 is 17.3 Å². The highest BCUT2D eigenvalue weighted by atomic mass is 35.5. The van der Waals surface area contributed by atoms with Gasteiger partial charge in [0.25, 0.3) is 0 Å². The molecule has 0 unspecified atom stereocenters. The summed E-state index contributed by atoms with van der Waals surface area (Å²) in [7, 11) is 0. The lowest BCUT2D eigenvalue weighted by Crippen LogP contribution is -1.88. The van der Waals surface area contributed by atoms with E-state index in [0.717, 1.165) is 0 Å². The van der Waals surface area contributed by atoms with Gasteiger partial charge in [0.2, 0.25) is 11.6 Å². The van der Waals surface area contributed by atoms with Crippen LogP contribution in [0.4, 0.5) is 5.69 Å². The first-order valence-electron chi connectivity index (χ1n) is 4.41. The molecule has 78 valence electrons. The molecule has 16 heavy (non-hydrogen) atoms. The van der Waals surface area contributed by atoms with Crippen molar-refractivity contribution in [3.05, 3.63) is 53.2 Å². The molecule has 2 rings (SSSR count). The Labute approximate surface area is 97.3 Å². The van der Waals surface area contributed by atoms with E-state index in [1.54, 1.807) is 24.3 Å². The van der Waals surface area contributed by atoms with Crippen LogP contribution in [0.15, 0.2) is 36.7 Å². The van der Waals surface area contributed by atoms with Gasteiger partial charge in [0.1, 0.15) is 17.2 Å². The average Bonchev–Trinajstić information content (AvgIpc) is 2.30. The van der Waals surface area contributed by atoms with Crippen LogP contribution in [0.3, 0.4) is 0 Å². The number of hydrogen-bond acceptors (Lipinski definition) is 3. The van der Waals surface area contributed by atoms with Gasteiger partial charge in [0.15, 0.2) is 0 Å². The summed E-state index contributed by atoms with van der Waals surface area (Å²) in [5.74, 6) is 0.767. The number of ether oxygens (including phenoxy) is 1. The second-order valence-electron chi connectivity index (χ2n) is 2.86. The van der Waals surface area contributed by atoms with Gasteiger partial charge in [-0.1, -0.05) is 29.8 Å². The summed E-state index contributed by atoms with van der Waals surface area (Å²) in [5, 5.41) is 0.297. The Morgan fingerprint density at radius 1 is 1.25 bits per heavy atom. The lowest BCUT2D eigenvalue weighted by molar-refractivity contribution is 0.464. The summed E-state index contributed by atoms with van der Waals surface area (Å²) in [6, 6.07) is 8.41. The van der Waals surface area contributed by atoms with E-state index in [-0.39, 0.29) is 0 Å². The van der Waals surface area contributed by atoms with Crippen LogP contribution in [0, 0.1) is 6.57 Å². The first-order chi connectivity index (χ1) is 7.79. The van der Waals surface area contributed by atoms with Crippen molar-refractivity contribution < 1.29 is 4.74 Å². The predicted molar refractivity (Wildman–Crippen MR) is 59.8 cm³/mol. The molecule has 0 radical (unpaired) electrons. The molecule has 0 aliphatic carbocycles. The third kappa shape index (κ3) is 2.27. The van der Waals surface area contributed by atoms with E-state index >= 15 is 0 Å². The third-order valence-corrected chi connectivity index (χ3v) is 2.02. The Hall–Kier alpha value is -2.12. The van der Waals surface area contributed by atoms with Gasteiger partial charge in [-0.15, -0.1) is 0 Å². The molecule has 4 nitrogen and oxygen atoms in total. The van der Waals surface area contributed by atoms with E-state index in [9.17, 15) is 0 Å². The molecule has 0 aliphatic heterocycles. The fourth-order valence-electron chi connectivity index (χ4n) is 1.12. The summed E-state index contributed by atoms with van der Waals surface area (Å²) >= 11 is 5.69. The molecule has 0 N–H and O–H groups in total. The van der Waals surface area contributed by atoms with Crippen LogP contribution >= 0.6 is 11.6 Å². The minimum absolute atomic E-state index is 0.297. The SMILES string of the molecule is [C-]#[N+]c1ccccc1Oc1cc(Cl)ncn1. The van der Waals surface area contributed by atoms with E-state index in [1.807, 2.05) is 0 Å². The number of hydrogen-bond donors (Lipinski definition) is 0. The normalized spacial score (nSPS) is 9.50. The van der Waals surface area contributed by atoms with Crippen molar-refractivity contribution in [2.75, 3.05) is 0 Å². The zero-order valence-electron chi connectivity index (χ0n) is 8.09. The van der Waals surface area contributed by atoms with Crippen molar-refractivity contribution in [2.45, 2.75) is 0 Å². The van der Waals surface area contributed by atoms with Gasteiger partial charge in [-0.3, -0.25) is 0 Å². The average molecular weight is 232 g/mol. The number of halogens is 1. The zero-order valence-corrected chi connectivity index (χ0v) is 8.85. The van der Waals surface area contributed by atoms with E-state index < -0.39 is 0 Å². The first kappa shape index (κ1) is 10.4. The van der Waals surface area contributed by atoms with E-state index in [0.29, 0.717) is 22.5 Å². The first-order valence-corrected chi connectivity index (χ1v) is 4.79. The summed E-state index contributed by atoms with van der Waals surface area (Å²) < 4.78 is 5.43. The predicted octanol–water partition coefficient (Wildman–Crippen LogP) is 3.47. The fraction of sp³-hybridized carbons (Fsp3) is 0. The van der Waals surface area contributed by atoms with E-state index in [2.05, 4.69) is 14.8 Å². The van der Waals surface area contributed by atoms with Gasteiger partial charge in [0, 0.05) is 6.07 Å². The Morgan fingerprint density at radius 2 is 2.06 bits per heavy atom. The van der Waals surface area contributed by atoms with Crippen LogP contribution in [0.2, 0.25) is 5.15 Å². The van der Waals surface area contributed by atoms with Gasteiger partial charge in [-0.25, -0.2) is 14.8 Å². The Kier molecular flexibility index (Phi) is 2.99. The number of benzene rings is 1. The molecule has 0 atom stereocenters. The standard InChI is InChI=1S/C11H6ClN3O/c1-13-8-4-2-3-5-9(8)16-11-6-10(12)14-7-15-11/h2-7H. The minimum Gasteiger partial charge on any atom is -0.450 e. The number of aromatic nitrogens is 2. The largest absolute Gasteiger partial charge is 0.450 e. The quantitative estimate of drug-likeness (QED) is 0.587. The maximum absolute atomic E-state index is 6.98. The smallest absolute Gasteiger partial charge is 0.228 e. The molecule has 0 aliphatic rings. The Balaban J connectivity index is 2.31. The van der Waals surface area contributed by atoms with Crippen LogP contribution < -0.4 is 4.74 Å². The van der Waals surface area contributed by atoms with Gasteiger partial charge in [-0.2, -0.15) is 0 Å². The molecule has 1 aromatic heterocycles. The summed E-state index contributed by atoms with van der Waals surface area (Å²) in [6.45, 7) is 6.98. The van der Waals surface area contributed by atoms with Gasteiger partial charge in [0.05, 0.1) is 6.57 Å². The van der Waals surface area contributed by atoms with Crippen molar-refractivity contribution in [2.24, 2.45) is 0 Å². The molecule has 0 fully saturated rings. The minimum atomic E-state index is 0.297. The fourth-order valence-corrected chi connectivity index (χ4v) is 1.26. The molecule has 0 saturated carbocycles. The van der Waals surface area contributed by atoms with Crippen LogP contribution in [0.5, 0.6) is 11.6 Å². The summed E-state index contributed by atoms with van der Waals surface area (Å²) in [4.78, 5) is 11.0. The van der Waals surface area contributed by atoms with Gasteiger partial charge >= 0.3 is 0 Å². The van der Waals surface area contributed by atoms with Crippen LogP contribution in [-0.4, -0.2) is 9.97 Å². The lowest BCUT2D eigenvalue weighted by Gasteiger charge is -2.05. The Bertz CT molecular complexity index is 551. The second-order valence-corrected chi connectivity index (χ2v) is 3.25. The topological polar surface area (TPSA) is 39.4 Å². The summed E-state index contributed by atoms with van der Waals surface area (Å²) in [5.41, 5.74) is 0.428. The molecule has 1 heterocycles. The third-order valence-electron chi connectivity index (χ3n) is 1.81. The maximum atomic E-state index is 6.98. The molecule has 5 heteroatoms. The second kappa shape index (κ2) is 4.60. The zero-order chi connectivity index (χ0) is 11.4. The van der Waals surface area contributed by atoms with Crippen molar-refractivity contribution in [1.29, 1.82) is 0 Å². The molecule has 2 aromatic rings. The van der Waals surface area contributed by atoms with Crippen LogP contribution in [-0.2, 0) is 0 Å². The lowest BCUT2D eigenvalue weighted by atomic mass is 10.3. The van der Waals surface area contributed by atoms with Crippen LogP contribution in [0.25, 0.3) is 4.85 Å². The molecule has 1 aromatic carbocycles. The molecular weight excluding hydrogens is 226 g/mol. The molecule has 0 spiro atoms. The Morgan fingerprint density at radius 3 is 2.81 bits per heavy atom. The number of nitrogens with zero attached hydrogens (tertiary/aromatic N) is 3. The highest BCUT2D eigenvalue weighted by Crippen LogP contribution is 2.30. The van der Waals surface area contributed by atoms with Crippen molar-refractivity contribution in [3.63, 3.8) is 0 Å². The highest BCUT2D eigenvalue weighted by Gasteiger charge is 2.04. The van der Waals surface area contributed by atoms with E-state index in [1.165, 1.54) is 12.4 Å². The highest BCUT2D eigenvalue weighted by molar-refractivity contribution is 6.29. The summed E-state index contributed by atoms with van der Waals surface area (Å²) in [6.07, 6.45) is 1.30. The van der Waals surface area contributed by atoms with Gasteiger partial charge in [-0.05, 0) is 6.07 Å². The molecule has 0 saturated heterocycles. The van der Waals surface area contributed by atoms with E-state index in [4.69, 9.17) is 22.9 Å².